The van der Waals surface area contributed by atoms with Crippen LogP contribution >= 0.6 is 0 Å². The van der Waals surface area contributed by atoms with Gasteiger partial charge >= 0.3 is 6.09 Å². The van der Waals surface area contributed by atoms with Gasteiger partial charge in [0.1, 0.15) is 0 Å². The minimum absolute atomic E-state index is 0.519. The van der Waals surface area contributed by atoms with Crippen LogP contribution in [0.5, 0.6) is 0 Å². The Morgan fingerprint density at radius 3 is 1.91 bits per heavy atom. The number of para-hydroxylation sites is 1. The van der Waals surface area contributed by atoms with Crippen molar-refractivity contribution in [3.63, 3.8) is 0 Å². The summed E-state index contributed by atoms with van der Waals surface area (Å²) in [6.07, 6.45) is 12.8. The third-order valence-electron chi connectivity index (χ3n) is 4.21. The van der Waals surface area contributed by atoms with Gasteiger partial charge in [0, 0.05) is 5.69 Å². The largest absolute Gasteiger partial charge is 0.437 e. The van der Waals surface area contributed by atoms with Crippen molar-refractivity contribution in [2.75, 3.05) is 5.32 Å². The van der Waals surface area contributed by atoms with Crippen LogP contribution in [0, 0.1) is 0 Å². The number of oxime groups is 1. The maximum atomic E-state index is 11.8. The quantitative estimate of drug-likeness (QED) is 0.546. The van der Waals surface area contributed by atoms with Crippen LogP contribution in [0.2, 0.25) is 0 Å². The highest BCUT2D eigenvalue weighted by molar-refractivity contribution is 5.87. The van der Waals surface area contributed by atoms with Crippen LogP contribution in [-0.2, 0) is 4.84 Å². The molecule has 4 heteroatoms. The summed E-state index contributed by atoms with van der Waals surface area (Å²) >= 11 is 0. The van der Waals surface area contributed by atoms with E-state index in [1.54, 1.807) is 0 Å². The molecule has 126 valence electrons. The molecule has 0 aliphatic heterocycles. The van der Waals surface area contributed by atoms with Gasteiger partial charge in [-0.1, -0.05) is 68.3 Å². The number of anilines is 1. The van der Waals surface area contributed by atoms with Gasteiger partial charge in [-0.2, -0.15) is 0 Å². The van der Waals surface area contributed by atoms with Crippen molar-refractivity contribution >= 4 is 17.5 Å². The molecule has 0 unspecified atom stereocenters. The van der Waals surface area contributed by atoms with Gasteiger partial charge in [-0.05, 0) is 37.8 Å². The first-order valence-corrected chi connectivity index (χ1v) is 8.93. The summed E-state index contributed by atoms with van der Waals surface area (Å²) in [5.41, 5.74) is 1.74. The van der Waals surface area contributed by atoms with Gasteiger partial charge in [0.2, 0.25) is 0 Å². The number of rotatable bonds is 2. The molecule has 4 nitrogen and oxygen atoms in total. The number of carbonyl (C=O) groups is 1. The number of carbonyl (C=O) groups excluding carboxylic acids is 1. The molecule has 0 radical (unpaired) electrons. The van der Waals surface area contributed by atoms with Crippen molar-refractivity contribution in [1.82, 2.24) is 0 Å². The van der Waals surface area contributed by atoms with Crippen LogP contribution < -0.4 is 5.32 Å². The molecule has 1 N–H and O–H groups in total. The number of amides is 1. The third-order valence-corrected chi connectivity index (χ3v) is 4.21. The lowest BCUT2D eigenvalue weighted by molar-refractivity contribution is 0.166. The second kappa shape index (κ2) is 10.8. The molecule has 1 amide bonds. The fourth-order valence-corrected chi connectivity index (χ4v) is 2.88. The molecular formula is C19H28N2O2. The van der Waals surface area contributed by atoms with Crippen LogP contribution in [0.15, 0.2) is 35.5 Å². The predicted molar refractivity (Wildman–Crippen MR) is 94.8 cm³/mol. The standard InChI is InChI=1S/C19H28N2O2/c22-19(20-17-13-11-8-12-14-17)23-21-18-15-9-6-4-2-1-3-5-7-10-16-18/h8,11-14H,1-7,9-10,15-16H2,(H,20,22). The van der Waals surface area contributed by atoms with Crippen molar-refractivity contribution in [1.29, 1.82) is 0 Å². The minimum atomic E-state index is -0.519. The monoisotopic (exact) mass is 316 g/mol. The summed E-state index contributed by atoms with van der Waals surface area (Å²) in [6.45, 7) is 0. The van der Waals surface area contributed by atoms with E-state index in [0.717, 1.165) is 37.1 Å². The Morgan fingerprint density at radius 2 is 1.35 bits per heavy atom. The Balaban J connectivity index is 1.80. The zero-order valence-corrected chi connectivity index (χ0v) is 13.9. The Labute approximate surface area is 139 Å². The highest BCUT2D eigenvalue weighted by Crippen LogP contribution is 2.16. The second-order valence-corrected chi connectivity index (χ2v) is 6.21. The fourth-order valence-electron chi connectivity index (χ4n) is 2.88. The number of nitrogens with one attached hydrogen (secondary N) is 1. The fraction of sp³-hybridized carbons (Fsp3) is 0.579. The maximum Gasteiger partial charge on any atom is 0.437 e. The first kappa shape index (κ1) is 17.5. The van der Waals surface area contributed by atoms with Crippen LogP contribution in [0.1, 0.15) is 70.6 Å². The smallest absolute Gasteiger partial charge is 0.298 e. The van der Waals surface area contributed by atoms with E-state index >= 15 is 0 Å². The lowest BCUT2D eigenvalue weighted by atomic mass is 10.00. The molecule has 1 fully saturated rings. The highest BCUT2D eigenvalue weighted by atomic mass is 16.7. The summed E-state index contributed by atoms with van der Waals surface area (Å²) in [4.78, 5) is 16.8. The lowest BCUT2D eigenvalue weighted by Crippen LogP contribution is -2.12. The van der Waals surface area contributed by atoms with Crippen molar-refractivity contribution in [3.05, 3.63) is 30.3 Å². The third kappa shape index (κ3) is 7.82. The Kier molecular flexibility index (Phi) is 8.23. The van der Waals surface area contributed by atoms with E-state index in [0.29, 0.717) is 0 Å². The maximum absolute atomic E-state index is 11.8. The molecule has 0 aromatic heterocycles. The van der Waals surface area contributed by atoms with Crippen LogP contribution in [0.25, 0.3) is 0 Å². The summed E-state index contributed by atoms with van der Waals surface area (Å²) in [7, 11) is 0. The van der Waals surface area contributed by atoms with Crippen molar-refractivity contribution in [2.45, 2.75) is 70.6 Å². The SMILES string of the molecule is O=C(Nc1ccccc1)ON=C1CCCCCCCCCCC1. The normalized spacial score (nSPS) is 17.5. The van der Waals surface area contributed by atoms with Crippen LogP contribution in [-0.4, -0.2) is 11.8 Å². The average molecular weight is 316 g/mol. The van der Waals surface area contributed by atoms with Gasteiger partial charge in [0.05, 0.1) is 5.71 Å². The molecule has 1 aliphatic carbocycles. The summed E-state index contributed by atoms with van der Waals surface area (Å²) in [6, 6.07) is 9.29. The molecule has 1 aromatic carbocycles. The van der Waals surface area contributed by atoms with Gasteiger partial charge in [-0.25, -0.2) is 4.79 Å². The topological polar surface area (TPSA) is 50.7 Å². The molecule has 0 bridgehead atoms. The first-order chi connectivity index (χ1) is 11.3. The summed E-state index contributed by atoms with van der Waals surface area (Å²) in [5, 5.41) is 6.79. The van der Waals surface area contributed by atoms with E-state index in [-0.39, 0.29) is 0 Å². The number of hydrogen-bond acceptors (Lipinski definition) is 3. The van der Waals surface area contributed by atoms with Crippen LogP contribution in [0.3, 0.4) is 0 Å². The number of hydrogen-bond donors (Lipinski definition) is 1. The van der Waals surface area contributed by atoms with Gasteiger partial charge in [0.25, 0.3) is 0 Å². The zero-order chi connectivity index (χ0) is 16.2. The molecule has 0 spiro atoms. The van der Waals surface area contributed by atoms with E-state index in [9.17, 15) is 4.79 Å². The first-order valence-electron chi connectivity index (χ1n) is 8.93. The molecule has 1 saturated carbocycles. The van der Waals surface area contributed by atoms with E-state index in [1.807, 2.05) is 30.3 Å². The second-order valence-electron chi connectivity index (χ2n) is 6.21. The molecular weight excluding hydrogens is 288 g/mol. The minimum Gasteiger partial charge on any atom is -0.298 e. The predicted octanol–water partition coefficient (Wildman–Crippen LogP) is 5.90. The molecule has 1 aliphatic rings. The number of benzene rings is 1. The van der Waals surface area contributed by atoms with Gasteiger partial charge in [0.15, 0.2) is 0 Å². The van der Waals surface area contributed by atoms with E-state index in [4.69, 9.17) is 4.84 Å². The van der Waals surface area contributed by atoms with E-state index < -0.39 is 6.09 Å². The Hall–Kier alpha value is -1.84. The van der Waals surface area contributed by atoms with Crippen molar-refractivity contribution in [2.24, 2.45) is 5.16 Å². The Bertz CT molecular complexity index is 471. The molecule has 0 saturated heterocycles. The highest BCUT2D eigenvalue weighted by Gasteiger charge is 2.06. The summed E-state index contributed by atoms with van der Waals surface area (Å²) in [5.74, 6) is 0. The molecule has 0 heterocycles. The van der Waals surface area contributed by atoms with Gasteiger partial charge in [-0.15, -0.1) is 0 Å². The average Bonchev–Trinajstić information content (AvgIpc) is 2.55. The van der Waals surface area contributed by atoms with E-state index in [1.165, 1.54) is 44.9 Å². The van der Waals surface area contributed by atoms with Gasteiger partial charge in [-0.3, -0.25) is 10.2 Å². The zero-order valence-electron chi connectivity index (χ0n) is 13.9. The van der Waals surface area contributed by atoms with Crippen LogP contribution in [0.4, 0.5) is 10.5 Å². The number of nitrogens with zero attached hydrogens (tertiary/aromatic N) is 1. The van der Waals surface area contributed by atoms with Crippen molar-refractivity contribution in [3.8, 4) is 0 Å². The van der Waals surface area contributed by atoms with Crippen molar-refractivity contribution < 1.29 is 9.63 Å². The molecule has 0 atom stereocenters. The molecule has 2 rings (SSSR count). The van der Waals surface area contributed by atoms with E-state index in [2.05, 4.69) is 10.5 Å². The van der Waals surface area contributed by atoms with Gasteiger partial charge < -0.3 is 0 Å². The lowest BCUT2D eigenvalue weighted by Gasteiger charge is -2.09. The Morgan fingerprint density at radius 1 is 0.826 bits per heavy atom. The summed E-state index contributed by atoms with van der Waals surface area (Å²) < 4.78 is 0. The molecule has 1 aromatic rings. The molecule has 23 heavy (non-hydrogen) atoms.